The van der Waals surface area contributed by atoms with E-state index in [1.54, 1.807) is 0 Å². The van der Waals surface area contributed by atoms with E-state index in [2.05, 4.69) is 27.1 Å². The fourth-order valence-corrected chi connectivity index (χ4v) is 3.12. The zero-order valence-electron chi connectivity index (χ0n) is 11.7. The third-order valence-electron chi connectivity index (χ3n) is 3.49. The lowest BCUT2D eigenvalue weighted by molar-refractivity contribution is 0.510. The van der Waals surface area contributed by atoms with Crippen LogP contribution in [0.1, 0.15) is 17.0 Å². The van der Waals surface area contributed by atoms with Gasteiger partial charge in [-0.3, -0.25) is 4.68 Å². The van der Waals surface area contributed by atoms with E-state index in [1.807, 2.05) is 36.9 Å². The molecule has 20 heavy (non-hydrogen) atoms. The highest BCUT2D eigenvalue weighted by Crippen LogP contribution is 2.24. The van der Waals surface area contributed by atoms with E-state index in [0.29, 0.717) is 12.5 Å². The van der Waals surface area contributed by atoms with Crippen molar-refractivity contribution in [1.82, 2.24) is 9.78 Å². The van der Waals surface area contributed by atoms with Gasteiger partial charge in [-0.15, -0.1) is 0 Å². The Kier molecular flexibility index (Phi) is 5.24. The first-order valence-corrected chi connectivity index (χ1v) is 7.80. The molecule has 0 amide bonds. The standard InChI is InChI=1S/C15H19BrClN3/c1-10-15(16)14(20(2)19-10)8-12(9-18)6-11-4-3-5-13(17)7-11/h3-5,7,12H,6,8-9,18H2,1-2H3. The van der Waals surface area contributed by atoms with Gasteiger partial charge in [0.05, 0.1) is 15.9 Å². The predicted octanol–water partition coefficient (Wildman–Crippen LogP) is 3.50. The van der Waals surface area contributed by atoms with Crippen molar-refractivity contribution in [1.29, 1.82) is 0 Å². The fraction of sp³-hybridized carbons (Fsp3) is 0.400. The summed E-state index contributed by atoms with van der Waals surface area (Å²) in [6.45, 7) is 2.64. The highest BCUT2D eigenvalue weighted by atomic mass is 79.9. The van der Waals surface area contributed by atoms with E-state index in [1.165, 1.54) is 11.3 Å². The maximum atomic E-state index is 6.03. The largest absolute Gasteiger partial charge is 0.330 e. The Labute approximate surface area is 133 Å². The van der Waals surface area contributed by atoms with Crippen molar-refractivity contribution in [3.63, 3.8) is 0 Å². The lowest BCUT2D eigenvalue weighted by Crippen LogP contribution is -2.20. The summed E-state index contributed by atoms with van der Waals surface area (Å²) >= 11 is 9.64. The fourth-order valence-electron chi connectivity index (χ4n) is 2.41. The molecule has 0 spiro atoms. The second-order valence-electron chi connectivity index (χ2n) is 5.11. The van der Waals surface area contributed by atoms with Crippen LogP contribution >= 0.6 is 27.5 Å². The maximum absolute atomic E-state index is 6.03. The summed E-state index contributed by atoms with van der Waals surface area (Å²) in [6, 6.07) is 7.98. The molecule has 0 aliphatic rings. The number of hydrogen-bond donors (Lipinski definition) is 1. The minimum Gasteiger partial charge on any atom is -0.330 e. The average Bonchev–Trinajstić information content (AvgIpc) is 2.64. The van der Waals surface area contributed by atoms with Gasteiger partial charge in [-0.2, -0.15) is 5.10 Å². The van der Waals surface area contributed by atoms with Crippen molar-refractivity contribution < 1.29 is 0 Å². The highest BCUT2D eigenvalue weighted by molar-refractivity contribution is 9.10. The minimum absolute atomic E-state index is 0.375. The SMILES string of the molecule is Cc1nn(C)c(CC(CN)Cc2cccc(Cl)c2)c1Br. The molecule has 0 saturated heterocycles. The zero-order valence-corrected chi connectivity index (χ0v) is 14.1. The molecule has 1 unspecified atom stereocenters. The van der Waals surface area contributed by atoms with Crippen molar-refractivity contribution in [3.05, 3.63) is 50.7 Å². The smallest absolute Gasteiger partial charge is 0.0738 e. The van der Waals surface area contributed by atoms with Crippen molar-refractivity contribution in [2.24, 2.45) is 18.7 Å². The first-order chi connectivity index (χ1) is 9.51. The van der Waals surface area contributed by atoms with Gasteiger partial charge in [0.25, 0.3) is 0 Å². The van der Waals surface area contributed by atoms with Gasteiger partial charge in [0.2, 0.25) is 0 Å². The van der Waals surface area contributed by atoms with Crippen LogP contribution in [0, 0.1) is 12.8 Å². The van der Waals surface area contributed by atoms with Gasteiger partial charge in [-0.05, 0) is 65.9 Å². The van der Waals surface area contributed by atoms with Gasteiger partial charge in [-0.25, -0.2) is 0 Å². The van der Waals surface area contributed by atoms with Gasteiger partial charge in [0.1, 0.15) is 0 Å². The van der Waals surface area contributed by atoms with E-state index in [-0.39, 0.29) is 0 Å². The molecule has 0 radical (unpaired) electrons. The number of nitrogens with zero attached hydrogens (tertiary/aromatic N) is 2. The lowest BCUT2D eigenvalue weighted by atomic mass is 9.95. The van der Waals surface area contributed by atoms with Gasteiger partial charge in [0, 0.05) is 12.1 Å². The van der Waals surface area contributed by atoms with Crippen molar-refractivity contribution >= 4 is 27.5 Å². The van der Waals surface area contributed by atoms with E-state index in [4.69, 9.17) is 17.3 Å². The quantitative estimate of drug-likeness (QED) is 0.891. The monoisotopic (exact) mass is 355 g/mol. The topological polar surface area (TPSA) is 43.8 Å². The molecule has 0 aliphatic heterocycles. The number of halogens is 2. The Morgan fingerprint density at radius 3 is 2.70 bits per heavy atom. The number of rotatable bonds is 5. The molecule has 0 saturated carbocycles. The number of aromatic nitrogens is 2. The first-order valence-electron chi connectivity index (χ1n) is 6.63. The van der Waals surface area contributed by atoms with Crippen LogP contribution in [0.2, 0.25) is 5.02 Å². The summed E-state index contributed by atoms with van der Waals surface area (Å²) in [5.74, 6) is 0.375. The Bertz CT molecular complexity index is 595. The minimum atomic E-state index is 0.375. The van der Waals surface area contributed by atoms with Crippen LogP contribution in [0.25, 0.3) is 0 Å². The van der Waals surface area contributed by atoms with Gasteiger partial charge >= 0.3 is 0 Å². The third-order valence-corrected chi connectivity index (χ3v) is 4.76. The molecule has 3 nitrogen and oxygen atoms in total. The number of hydrogen-bond acceptors (Lipinski definition) is 2. The van der Waals surface area contributed by atoms with Crippen LogP contribution in [0.15, 0.2) is 28.7 Å². The van der Waals surface area contributed by atoms with Crippen LogP contribution in [0.5, 0.6) is 0 Å². The normalized spacial score (nSPS) is 12.7. The summed E-state index contributed by atoms with van der Waals surface area (Å²) in [6.07, 6.45) is 1.83. The summed E-state index contributed by atoms with van der Waals surface area (Å²) in [7, 11) is 1.97. The van der Waals surface area contributed by atoms with Gasteiger partial charge in [0.15, 0.2) is 0 Å². The van der Waals surface area contributed by atoms with E-state index in [9.17, 15) is 0 Å². The lowest BCUT2D eigenvalue weighted by Gasteiger charge is -2.15. The van der Waals surface area contributed by atoms with E-state index >= 15 is 0 Å². The third kappa shape index (κ3) is 3.62. The highest BCUT2D eigenvalue weighted by Gasteiger charge is 2.16. The Balaban J connectivity index is 2.13. The zero-order chi connectivity index (χ0) is 14.7. The molecule has 0 fully saturated rings. The Morgan fingerprint density at radius 1 is 1.40 bits per heavy atom. The second-order valence-corrected chi connectivity index (χ2v) is 6.34. The molecular formula is C15H19BrClN3. The van der Waals surface area contributed by atoms with E-state index < -0.39 is 0 Å². The molecule has 2 aromatic rings. The second kappa shape index (κ2) is 6.74. The van der Waals surface area contributed by atoms with Crippen molar-refractivity contribution in [3.8, 4) is 0 Å². The maximum Gasteiger partial charge on any atom is 0.0738 e. The first kappa shape index (κ1) is 15.5. The van der Waals surface area contributed by atoms with Crippen molar-refractivity contribution in [2.75, 3.05) is 6.54 Å². The predicted molar refractivity (Wildman–Crippen MR) is 87.0 cm³/mol. The number of benzene rings is 1. The Hall–Kier alpha value is -0.840. The van der Waals surface area contributed by atoms with Gasteiger partial charge < -0.3 is 5.73 Å². The van der Waals surface area contributed by atoms with Gasteiger partial charge in [-0.1, -0.05) is 23.7 Å². The molecule has 5 heteroatoms. The van der Waals surface area contributed by atoms with Crippen LogP contribution < -0.4 is 5.73 Å². The molecule has 1 atom stereocenters. The number of aryl methyl sites for hydroxylation is 2. The van der Waals surface area contributed by atoms with Crippen LogP contribution in [0.3, 0.4) is 0 Å². The summed E-state index contributed by atoms with van der Waals surface area (Å²) in [5.41, 5.74) is 9.37. The Morgan fingerprint density at radius 2 is 2.15 bits per heavy atom. The molecule has 1 aromatic carbocycles. The summed E-state index contributed by atoms with van der Waals surface area (Å²) < 4.78 is 3.02. The molecule has 1 heterocycles. The number of nitrogens with two attached hydrogens (primary N) is 1. The molecule has 2 rings (SSSR count). The van der Waals surface area contributed by atoms with Crippen LogP contribution in [0.4, 0.5) is 0 Å². The summed E-state index contributed by atoms with van der Waals surface area (Å²) in [5, 5.41) is 5.20. The molecule has 1 aromatic heterocycles. The molecule has 108 valence electrons. The molecular weight excluding hydrogens is 338 g/mol. The molecule has 0 aliphatic carbocycles. The van der Waals surface area contributed by atoms with Crippen LogP contribution in [-0.4, -0.2) is 16.3 Å². The molecule has 2 N–H and O–H groups in total. The average molecular weight is 357 g/mol. The van der Waals surface area contributed by atoms with E-state index in [0.717, 1.165) is 28.0 Å². The van der Waals surface area contributed by atoms with Crippen molar-refractivity contribution in [2.45, 2.75) is 19.8 Å². The summed E-state index contributed by atoms with van der Waals surface area (Å²) in [4.78, 5) is 0. The molecule has 0 bridgehead atoms. The van der Waals surface area contributed by atoms with Crippen LogP contribution in [-0.2, 0) is 19.9 Å².